The summed E-state index contributed by atoms with van der Waals surface area (Å²) in [4.78, 5) is 27.2. The van der Waals surface area contributed by atoms with Gasteiger partial charge in [0.15, 0.2) is 8.32 Å². The number of carbonyl (C=O) groups is 2. The topological polar surface area (TPSA) is 67.9 Å². The fourth-order valence-electron chi connectivity index (χ4n) is 3.14. The summed E-state index contributed by atoms with van der Waals surface area (Å²) in [6.45, 7) is 18.7. The number of urea groups is 1. The lowest BCUT2D eigenvalue weighted by molar-refractivity contribution is 0.0117. The van der Waals surface area contributed by atoms with Crippen molar-refractivity contribution < 1.29 is 18.8 Å². The average Bonchev–Trinajstić information content (AvgIpc) is 2.57. The van der Waals surface area contributed by atoms with Crippen molar-refractivity contribution in [3.63, 3.8) is 0 Å². The van der Waals surface area contributed by atoms with Crippen molar-refractivity contribution in [1.29, 1.82) is 0 Å². The van der Waals surface area contributed by atoms with Gasteiger partial charge in [-0.2, -0.15) is 0 Å². The van der Waals surface area contributed by atoms with Gasteiger partial charge in [-0.25, -0.2) is 14.5 Å². The van der Waals surface area contributed by atoms with Crippen LogP contribution in [0.1, 0.15) is 66.5 Å². The minimum Gasteiger partial charge on any atom is -0.443 e. The van der Waals surface area contributed by atoms with Gasteiger partial charge in [-0.15, -0.1) is 0 Å². The van der Waals surface area contributed by atoms with Crippen LogP contribution in [-0.2, 0) is 9.16 Å². The Balaban J connectivity index is 2.32. The Morgan fingerprint density at radius 3 is 2.23 bits per heavy atom. The van der Waals surface area contributed by atoms with Crippen LogP contribution in [0.4, 0.5) is 9.59 Å². The lowest BCUT2D eigenvalue weighted by Gasteiger charge is -2.46. The Labute approximate surface area is 182 Å². The van der Waals surface area contributed by atoms with E-state index in [0.29, 0.717) is 13.0 Å². The van der Waals surface area contributed by atoms with Crippen LogP contribution < -0.4 is 5.32 Å². The molecular formula is C23H38N2O4Si. The van der Waals surface area contributed by atoms with Gasteiger partial charge in [-0.1, -0.05) is 51.1 Å². The highest BCUT2D eigenvalue weighted by Gasteiger charge is 2.47. The van der Waals surface area contributed by atoms with Gasteiger partial charge in [0.25, 0.3) is 0 Å². The molecule has 0 aliphatic carbocycles. The van der Waals surface area contributed by atoms with E-state index < -0.39 is 37.6 Å². The number of amides is 3. The highest BCUT2D eigenvalue weighted by Crippen LogP contribution is 2.39. The maximum atomic E-state index is 13.1. The SMILES string of the molecule is CC(C)(C)OC(=O)N1C(=O)N[C@](C)(CO[Si](C)(C)C(C)(C)C)C[C@H]1c1ccccc1. The van der Waals surface area contributed by atoms with E-state index in [-0.39, 0.29) is 5.04 Å². The first kappa shape index (κ1) is 24.4. The highest BCUT2D eigenvalue weighted by atomic mass is 28.4. The van der Waals surface area contributed by atoms with Crippen LogP contribution in [0.3, 0.4) is 0 Å². The van der Waals surface area contributed by atoms with Crippen molar-refractivity contribution in [2.24, 2.45) is 0 Å². The van der Waals surface area contributed by atoms with Gasteiger partial charge in [0.2, 0.25) is 0 Å². The molecule has 2 rings (SSSR count). The third kappa shape index (κ3) is 5.85. The van der Waals surface area contributed by atoms with Crippen LogP contribution in [0.5, 0.6) is 0 Å². The number of ether oxygens (including phenoxy) is 1. The van der Waals surface area contributed by atoms with Crippen LogP contribution in [0.25, 0.3) is 0 Å². The van der Waals surface area contributed by atoms with Crippen LogP contribution in [0.2, 0.25) is 18.1 Å². The minimum atomic E-state index is -1.99. The third-order valence-corrected chi connectivity index (χ3v) is 10.4. The number of carbonyl (C=O) groups excluding carboxylic acids is 2. The molecule has 1 aliphatic heterocycles. The molecule has 1 fully saturated rings. The van der Waals surface area contributed by atoms with Crippen molar-refractivity contribution in [1.82, 2.24) is 10.2 Å². The fraction of sp³-hybridized carbons (Fsp3) is 0.652. The Bertz CT molecular complexity index is 768. The summed E-state index contributed by atoms with van der Waals surface area (Å²) in [5.41, 5.74) is -0.382. The molecule has 1 saturated heterocycles. The molecule has 0 saturated carbocycles. The summed E-state index contributed by atoms with van der Waals surface area (Å²) in [6.07, 6.45) is -0.0994. The van der Waals surface area contributed by atoms with E-state index in [1.807, 2.05) is 37.3 Å². The van der Waals surface area contributed by atoms with Crippen molar-refractivity contribution in [2.45, 2.75) is 90.2 Å². The number of rotatable bonds is 4. The van der Waals surface area contributed by atoms with E-state index >= 15 is 0 Å². The van der Waals surface area contributed by atoms with Crippen LogP contribution in [0.15, 0.2) is 30.3 Å². The summed E-state index contributed by atoms with van der Waals surface area (Å²) < 4.78 is 12.0. The van der Waals surface area contributed by atoms with Gasteiger partial charge in [0, 0.05) is 0 Å². The summed E-state index contributed by atoms with van der Waals surface area (Å²) in [5.74, 6) is 0. The summed E-state index contributed by atoms with van der Waals surface area (Å²) in [7, 11) is -1.99. The Kier molecular flexibility index (Phi) is 6.79. The lowest BCUT2D eigenvalue weighted by atomic mass is 9.87. The predicted octanol–water partition coefficient (Wildman–Crippen LogP) is 5.86. The van der Waals surface area contributed by atoms with Gasteiger partial charge in [-0.3, -0.25) is 0 Å². The molecule has 0 unspecified atom stereocenters. The van der Waals surface area contributed by atoms with E-state index in [1.165, 1.54) is 4.90 Å². The second-order valence-electron chi connectivity index (χ2n) is 11.0. The monoisotopic (exact) mass is 434 g/mol. The number of hydrogen-bond acceptors (Lipinski definition) is 4. The number of nitrogens with one attached hydrogen (secondary N) is 1. The number of nitrogens with zero attached hydrogens (tertiary/aromatic N) is 1. The summed E-state index contributed by atoms with van der Waals surface area (Å²) >= 11 is 0. The van der Waals surface area contributed by atoms with Crippen LogP contribution in [0, 0.1) is 0 Å². The molecule has 3 amide bonds. The van der Waals surface area contributed by atoms with Crippen LogP contribution in [-0.4, -0.2) is 43.1 Å². The Morgan fingerprint density at radius 2 is 1.73 bits per heavy atom. The second kappa shape index (κ2) is 8.34. The molecule has 0 aromatic heterocycles. The first-order chi connectivity index (χ1) is 13.5. The first-order valence-corrected chi connectivity index (χ1v) is 13.5. The number of hydrogen-bond donors (Lipinski definition) is 1. The van der Waals surface area contributed by atoms with Gasteiger partial charge in [0.05, 0.1) is 18.2 Å². The molecule has 1 aromatic carbocycles. The Hall–Kier alpha value is -1.86. The number of imide groups is 1. The van der Waals surface area contributed by atoms with Crippen LogP contribution >= 0.6 is 0 Å². The van der Waals surface area contributed by atoms with Crippen molar-refractivity contribution in [3.8, 4) is 0 Å². The molecule has 30 heavy (non-hydrogen) atoms. The highest BCUT2D eigenvalue weighted by molar-refractivity contribution is 6.74. The zero-order valence-electron chi connectivity index (χ0n) is 20.0. The van der Waals surface area contributed by atoms with E-state index in [1.54, 1.807) is 20.8 Å². The average molecular weight is 435 g/mol. The molecule has 168 valence electrons. The van der Waals surface area contributed by atoms with Gasteiger partial charge < -0.3 is 14.5 Å². The van der Waals surface area contributed by atoms with Crippen molar-refractivity contribution in [3.05, 3.63) is 35.9 Å². The first-order valence-electron chi connectivity index (χ1n) is 10.6. The van der Waals surface area contributed by atoms with Gasteiger partial charge in [0.1, 0.15) is 5.60 Å². The van der Waals surface area contributed by atoms with Crippen molar-refractivity contribution >= 4 is 20.4 Å². The third-order valence-electron chi connectivity index (χ3n) is 5.92. The molecule has 7 heteroatoms. The normalized spacial score (nSPS) is 23.2. The largest absolute Gasteiger partial charge is 0.443 e. The quantitative estimate of drug-likeness (QED) is 0.603. The predicted molar refractivity (Wildman–Crippen MR) is 122 cm³/mol. The fourth-order valence-corrected chi connectivity index (χ4v) is 4.26. The van der Waals surface area contributed by atoms with E-state index in [2.05, 4.69) is 39.2 Å². The minimum absolute atomic E-state index is 0.0728. The maximum Gasteiger partial charge on any atom is 0.419 e. The van der Waals surface area contributed by atoms with Gasteiger partial charge >= 0.3 is 12.1 Å². The zero-order chi connectivity index (χ0) is 23.0. The molecule has 1 N–H and O–H groups in total. The molecule has 0 radical (unpaired) electrons. The number of benzene rings is 1. The van der Waals surface area contributed by atoms with E-state index in [0.717, 1.165) is 5.56 Å². The zero-order valence-corrected chi connectivity index (χ0v) is 21.0. The molecule has 0 spiro atoms. The standard InChI is InChI=1S/C23H38N2O4Si/c1-21(2,3)29-20(27)25-18(17-13-11-10-12-14-17)15-23(7,24-19(25)26)16-28-30(8,9)22(4,5)6/h10-14,18H,15-16H2,1-9H3,(H,24,26)/t18-,23-/m0/s1. The summed E-state index contributed by atoms with van der Waals surface area (Å²) in [5, 5.41) is 3.09. The maximum absolute atomic E-state index is 13.1. The molecule has 0 bridgehead atoms. The smallest absolute Gasteiger partial charge is 0.419 e. The van der Waals surface area contributed by atoms with E-state index in [9.17, 15) is 9.59 Å². The second-order valence-corrected chi connectivity index (χ2v) is 15.8. The lowest BCUT2D eigenvalue weighted by Crippen LogP contribution is -2.63. The van der Waals surface area contributed by atoms with E-state index in [4.69, 9.17) is 9.16 Å². The van der Waals surface area contributed by atoms with Crippen molar-refractivity contribution in [2.75, 3.05) is 6.61 Å². The summed E-state index contributed by atoms with van der Waals surface area (Å²) in [6, 6.07) is 8.75. The Morgan fingerprint density at radius 1 is 1.17 bits per heavy atom. The molecule has 6 nitrogen and oxygen atoms in total. The molecule has 1 heterocycles. The molecule has 1 aliphatic rings. The molecular weight excluding hydrogens is 396 g/mol. The van der Waals surface area contributed by atoms with Gasteiger partial charge in [-0.05, 0) is 57.8 Å². The molecule has 1 aromatic rings. The molecule has 2 atom stereocenters.